The number of esters is 2. The summed E-state index contributed by atoms with van der Waals surface area (Å²) in [6, 6.07) is 7.53. The zero-order chi connectivity index (χ0) is 47.1. The normalized spacial score (nSPS) is 16.8. The topological polar surface area (TPSA) is 292 Å². The van der Waals surface area contributed by atoms with Crippen molar-refractivity contribution in [2.75, 3.05) is 56.6 Å². The van der Waals surface area contributed by atoms with E-state index in [-0.39, 0.29) is 195 Å². The third kappa shape index (κ3) is 19.6. The number of amides is 2. The van der Waals surface area contributed by atoms with Gasteiger partial charge in [-0.2, -0.15) is 10.5 Å². The first-order chi connectivity index (χ1) is 31.6. The summed E-state index contributed by atoms with van der Waals surface area (Å²) in [5, 5.41) is 42.6. The minimum absolute atomic E-state index is 0. The van der Waals surface area contributed by atoms with Gasteiger partial charge in [0.05, 0.1) is 36.7 Å². The summed E-state index contributed by atoms with van der Waals surface area (Å²) in [6.07, 6.45) is 14.5. The SMILES string of the molecule is CC.CCOC(=O)c1cnc2[nH]ccc2c1N[C@@H]1CCCN(C(=O)CC#N)C1.N#CCC(=O)N1CCC[C@@H](Nc2c(C(=O)OCC3CC3)cnc3[nH]ccc23)C1.O=CO[O-].OCC1CC1.[Cs+].[Cs+].[H-]. The monoisotopic (exact) mass is 1170 g/mol. The average molecular weight is 1170 g/mol. The van der Waals surface area contributed by atoms with E-state index >= 15 is 0 Å². The molecule has 2 aliphatic carbocycles. The van der Waals surface area contributed by atoms with Crippen molar-refractivity contribution in [3.05, 3.63) is 48.0 Å². The number of aromatic amines is 2. The summed E-state index contributed by atoms with van der Waals surface area (Å²) in [4.78, 5) is 78.4. The van der Waals surface area contributed by atoms with Crippen LogP contribution in [0.5, 0.6) is 0 Å². The van der Waals surface area contributed by atoms with E-state index in [0.29, 0.717) is 85.0 Å². The second-order valence-electron chi connectivity index (χ2n) is 15.5. The molecule has 4 aliphatic rings. The first kappa shape index (κ1) is 60.5. The van der Waals surface area contributed by atoms with Crippen LogP contribution in [0, 0.1) is 34.5 Å². The molecule has 2 aliphatic heterocycles. The molecular formula is C45H60Cs2N10O10. The van der Waals surface area contributed by atoms with E-state index in [9.17, 15) is 19.2 Å². The van der Waals surface area contributed by atoms with Gasteiger partial charge in [0.1, 0.15) is 35.3 Å². The fraction of sp³-hybridized carbons (Fsp3) is 0.533. The Labute approximate surface area is 509 Å². The number of carbonyl (C=O) groups is 5. The van der Waals surface area contributed by atoms with Gasteiger partial charge in [-0.3, -0.25) is 14.4 Å². The Morgan fingerprint density at radius 2 is 1.24 bits per heavy atom. The van der Waals surface area contributed by atoms with Gasteiger partial charge in [0.15, 0.2) is 0 Å². The molecule has 0 unspecified atom stereocenters. The largest absolute Gasteiger partial charge is 1.00 e. The van der Waals surface area contributed by atoms with E-state index < -0.39 is 5.97 Å². The van der Waals surface area contributed by atoms with Crippen molar-refractivity contribution in [3.8, 4) is 12.1 Å². The summed E-state index contributed by atoms with van der Waals surface area (Å²) in [7, 11) is 0. The van der Waals surface area contributed by atoms with Gasteiger partial charge in [-0.05, 0) is 82.3 Å². The first-order valence-corrected chi connectivity index (χ1v) is 22.1. The number of nitriles is 2. The van der Waals surface area contributed by atoms with Crippen molar-refractivity contribution in [2.45, 2.75) is 97.1 Å². The van der Waals surface area contributed by atoms with Crippen LogP contribution in [-0.4, -0.2) is 123 Å². The van der Waals surface area contributed by atoms with Gasteiger partial charge in [-0.15, -0.1) is 0 Å². The van der Waals surface area contributed by atoms with Crippen molar-refractivity contribution >= 4 is 63.7 Å². The molecule has 5 N–H and O–H groups in total. The van der Waals surface area contributed by atoms with Crippen LogP contribution >= 0.6 is 0 Å². The van der Waals surface area contributed by atoms with E-state index in [2.05, 4.69) is 35.5 Å². The molecule has 0 radical (unpaired) electrons. The average Bonchev–Trinajstić information content (AvgIpc) is 4.25. The number of hydrogen-bond acceptors (Lipinski definition) is 16. The molecule has 2 amide bonds. The Bertz CT molecular complexity index is 2280. The van der Waals surface area contributed by atoms with Crippen LogP contribution < -0.4 is 154 Å². The van der Waals surface area contributed by atoms with Crippen LogP contribution in [0.1, 0.15) is 107 Å². The predicted octanol–water partition coefficient (Wildman–Crippen LogP) is -1.53. The molecule has 2 saturated heterocycles. The minimum atomic E-state index is -0.432. The number of aliphatic hydroxyl groups is 1. The number of nitrogens with one attached hydrogen (secondary N) is 4. The first-order valence-electron chi connectivity index (χ1n) is 22.1. The smallest absolute Gasteiger partial charge is 1.00 e. The third-order valence-corrected chi connectivity index (χ3v) is 10.7. The van der Waals surface area contributed by atoms with Crippen molar-refractivity contribution in [2.24, 2.45) is 11.8 Å². The van der Waals surface area contributed by atoms with Crippen molar-refractivity contribution in [1.29, 1.82) is 10.5 Å². The molecule has 4 aromatic rings. The van der Waals surface area contributed by atoms with Crippen LogP contribution in [0.15, 0.2) is 36.9 Å². The number of likely N-dealkylation sites (tertiary alicyclic amines) is 2. The number of rotatable bonds is 13. The van der Waals surface area contributed by atoms with Gasteiger partial charge in [0.25, 0.3) is 6.47 Å². The van der Waals surface area contributed by atoms with Crippen LogP contribution in [0.3, 0.4) is 0 Å². The van der Waals surface area contributed by atoms with Gasteiger partial charge in [0.2, 0.25) is 11.8 Å². The van der Waals surface area contributed by atoms with Crippen molar-refractivity contribution < 1.29 is 188 Å². The maximum absolute atomic E-state index is 12.6. The van der Waals surface area contributed by atoms with Gasteiger partial charge in [-0.1, -0.05) is 13.8 Å². The summed E-state index contributed by atoms with van der Waals surface area (Å²) in [5.74, 6) is 0.0557. The van der Waals surface area contributed by atoms with Crippen LogP contribution in [0.4, 0.5) is 11.4 Å². The fourth-order valence-electron chi connectivity index (χ4n) is 7.11. The van der Waals surface area contributed by atoms with Crippen LogP contribution in [0.25, 0.3) is 22.1 Å². The quantitative estimate of drug-likeness (QED) is 0.0440. The molecule has 67 heavy (non-hydrogen) atoms. The Hall–Kier alpha value is -2.67. The zero-order valence-corrected chi connectivity index (χ0v) is 51.7. The molecule has 0 bridgehead atoms. The summed E-state index contributed by atoms with van der Waals surface area (Å²) < 4.78 is 10.6. The van der Waals surface area contributed by atoms with Crippen LogP contribution in [0.2, 0.25) is 0 Å². The number of aliphatic hydroxyl groups excluding tert-OH is 1. The maximum Gasteiger partial charge on any atom is 1.00 e. The Morgan fingerprint density at radius 1 is 0.806 bits per heavy atom. The van der Waals surface area contributed by atoms with E-state index in [1.54, 1.807) is 29.1 Å². The van der Waals surface area contributed by atoms with Gasteiger partial charge in [-0.25, -0.2) is 19.6 Å². The van der Waals surface area contributed by atoms with Crippen molar-refractivity contribution in [3.63, 3.8) is 0 Å². The molecule has 4 aromatic heterocycles. The summed E-state index contributed by atoms with van der Waals surface area (Å²) >= 11 is 0. The number of hydrogen-bond donors (Lipinski definition) is 5. The fourth-order valence-corrected chi connectivity index (χ4v) is 7.11. The second-order valence-corrected chi connectivity index (χ2v) is 15.5. The van der Waals surface area contributed by atoms with Crippen LogP contribution in [-0.2, 0) is 28.7 Å². The predicted molar refractivity (Wildman–Crippen MR) is 237 cm³/mol. The minimum Gasteiger partial charge on any atom is -1.00 e. The zero-order valence-electron chi connectivity index (χ0n) is 40.2. The third-order valence-electron chi connectivity index (χ3n) is 10.7. The molecule has 0 spiro atoms. The number of H-pyrrole nitrogens is 2. The molecule has 6 heterocycles. The maximum atomic E-state index is 12.6. The number of carbonyl (C=O) groups excluding carboxylic acids is 5. The molecule has 0 aromatic carbocycles. The van der Waals surface area contributed by atoms with Gasteiger partial charge in [0, 0.05) is 80.4 Å². The van der Waals surface area contributed by atoms with E-state index in [1.165, 1.54) is 25.2 Å². The molecular weight excluding hydrogens is 1110 g/mol. The number of pyridine rings is 2. The number of aromatic nitrogens is 4. The standard InChI is InChI=1S/C20H23N5O3.C18H21N5O3.C4H8O.C2H6.CH2O3.2Cs.H/c21-7-5-17(26)25-9-1-2-14(11-25)24-18-15-6-8-22-19(15)23-10-16(18)20(27)28-12-13-3-4-13;1-2-26-18(25)14-10-21-17-13(6-8-20-17)16(14)22-12-4-3-9-23(11-12)15(24)5-7-19;5-3-4-1-2-4;1-2;2-1-4-3;;;/h6,8,10,13-14H,1-5,9,11-12H2,(H2,22,23,24);6,8,10,12H,2-5,9,11H2,1H3,(H2,20,21,22);4-5H,1-3H2;1-2H3;1,3H;;;/q;;;;;2*+1;-1/p-1/t14-;12-;;;;;;/m11....../s1. The molecule has 2 atom stereocenters. The Balaban J connectivity index is 0.000000538. The summed E-state index contributed by atoms with van der Waals surface area (Å²) in [5.41, 5.74) is 3.50. The van der Waals surface area contributed by atoms with Gasteiger partial charge < -0.3 is 56.6 Å². The molecule has 4 fully saturated rings. The number of piperidine rings is 2. The molecule has 20 nitrogen and oxygen atoms in total. The van der Waals surface area contributed by atoms with E-state index in [4.69, 9.17) is 35.2 Å². The number of ether oxygens (including phenoxy) is 2. The summed E-state index contributed by atoms with van der Waals surface area (Å²) in [6.45, 7) is 9.03. The molecule has 8 rings (SSSR count). The molecule has 352 valence electrons. The van der Waals surface area contributed by atoms with E-state index in [0.717, 1.165) is 49.3 Å². The number of fused-ring (bicyclic) bond motifs is 2. The van der Waals surface area contributed by atoms with Gasteiger partial charge >= 0.3 is 150 Å². The van der Waals surface area contributed by atoms with Crippen molar-refractivity contribution in [1.82, 2.24) is 29.7 Å². The van der Waals surface area contributed by atoms with E-state index in [1.807, 2.05) is 38.1 Å². The Morgan fingerprint density at radius 3 is 1.60 bits per heavy atom. The Kier molecular flexibility index (Phi) is 29.8. The number of nitrogens with zero attached hydrogens (tertiary/aromatic N) is 6. The second kappa shape index (κ2) is 33.0. The molecule has 22 heteroatoms. The number of anilines is 2. The molecule has 2 saturated carbocycles.